The van der Waals surface area contributed by atoms with E-state index in [1.807, 2.05) is 0 Å². The van der Waals surface area contributed by atoms with E-state index in [1.165, 1.54) is 6.92 Å². The van der Waals surface area contributed by atoms with Crippen molar-refractivity contribution < 1.29 is 27.6 Å². The lowest BCUT2D eigenvalue weighted by molar-refractivity contribution is -0.185. The Labute approximate surface area is 167 Å². The monoisotopic (exact) mass is 410 g/mol. The number of nitrogens with one attached hydrogen (secondary N) is 1. The molecule has 29 heavy (non-hydrogen) atoms. The average molecular weight is 410 g/mol. The standard InChI is InChI=1S/C21H25F3N2O3/c1-2-26(20(29)21(22,23)24)12-13-5-3-8-17(9-13)25-19(28)16-10-14-6-4-7-15(11-16)18(14)27/h3,5,8-9,14-16H,2,4,6-7,10-12H2,1H3,(H,25,28)/t14-,15-/m0/s1. The van der Waals surface area contributed by atoms with Gasteiger partial charge in [0.2, 0.25) is 5.91 Å². The van der Waals surface area contributed by atoms with Crippen LogP contribution in [-0.4, -0.2) is 35.2 Å². The van der Waals surface area contributed by atoms with Crippen LogP contribution in [0.5, 0.6) is 0 Å². The molecule has 2 aliphatic rings. The normalized spacial score (nSPS) is 24.1. The van der Waals surface area contributed by atoms with Crippen LogP contribution in [0, 0.1) is 17.8 Å². The second-order valence-electron chi connectivity index (χ2n) is 7.90. The predicted molar refractivity (Wildman–Crippen MR) is 101 cm³/mol. The van der Waals surface area contributed by atoms with E-state index in [4.69, 9.17) is 0 Å². The summed E-state index contributed by atoms with van der Waals surface area (Å²) in [5, 5.41) is 2.83. The molecule has 0 aromatic heterocycles. The highest BCUT2D eigenvalue weighted by Crippen LogP contribution is 2.40. The Morgan fingerprint density at radius 3 is 2.41 bits per heavy atom. The van der Waals surface area contributed by atoms with Gasteiger partial charge in [0.15, 0.2) is 0 Å². The van der Waals surface area contributed by atoms with Crippen molar-refractivity contribution in [2.45, 2.75) is 51.7 Å². The number of amides is 2. The van der Waals surface area contributed by atoms with Crippen molar-refractivity contribution in [3.05, 3.63) is 29.8 Å². The molecule has 5 nitrogen and oxygen atoms in total. The fourth-order valence-electron chi connectivity index (χ4n) is 4.41. The molecule has 0 saturated heterocycles. The molecule has 3 rings (SSSR count). The number of rotatable bonds is 5. The maximum absolute atomic E-state index is 12.7. The number of fused-ring (bicyclic) bond motifs is 2. The molecule has 2 saturated carbocycles. The van der Waals surface area contributed by atoms with Crippen molar-refractivity contribution in [3.63, 3.8) is 0 Å². The molecule has 0 radical (unpaired) electrons. The van der Waals surface area contributed by atoms with Crippen LogP contribution in [-0.2, 0) is 20.9 Å². The van der Waals surface area contributed by atoms with Gasteiger partial charge >= 0.3 is 12.1 Å². The summed E-state index contributed by atoms with van der Waals surface area (Å²) in [5.74, 6) is -2.05. The minimum atomic E-state index is -4.92. The fraction of sp³-hybridized carbons (Fsp3) is 0.571. The molecule has 158 valence electrons. The summed E-state index contributed by atoms with van der Waals surface area (Å²) < 4.78 is 38.1. The molecule has 2 amide bonds. The second kappa shape index (κ2) is 8.55. The second-order valence-corrected chi connectivity index (χ2v) is 7.90. The number of benzene rings is 1. The minimum Gasteiger partial charge on any atom is -0.331 e. The van der Waals surface area contributed by atoms with Crippen LogP contribution >= 0.6 is 0 Å². The lowest BCUT2D eigenvalue weighted by Gasteiger charge is -2.36. The van der Waals surface area contributed by atoms with Gasteiger partial charge in [-0.05, 0) is 50.3 Å². The number of anilines is 1. The van der Waals surface area contributed by atoms with E-state index in [0.717, 1.165) is 24.2 Å². The van der Waals surface area contributed by atoms with Gasteiger partial charge in [-0.2, -0.15) is 13.2 Å². The van der Waals surface area contributed by atoms with Crippen molar-refractivity contribution in [1.82, 2.24) is 4.90 Å². The van der Waals surface area contributed by atoms with Crippen molar-refractivity contribution >= 4 is 23.3 Å². The van der Waals surface area contributed by atoms with Crippen LogP contribution in [0.2, 0.25) is 0 Å². The molecule has 2 fully saturated rings. The first-order valence-corrected chi connectivity index (χ1v) is 9.98. The van der Waals surface area contributed by atoms with E-state index < -0.39 is 12.1 Å². The van der Waals surface area contributed by atoms with Gasteiger partial charge in [-0.3, -0.25) is 14.4 Å². The molecule has 2 bridgehead atoms. The summed E-state index contributed by atoms with van der Waals surface area (Å²) in [6, 6.07) is 6.50. The van der Waals surface area contributed by atoms with Gasteiger partial charge in [0.25, 0.3) is 0 Å². The number of hydrogen-bond donors (Lipinski definition) is 1. The van der Waals surface area contributed by atoms with Crippen molar-refractivity contribution in [1.29, 1.82) is 0 Å². The zero-order valence-electron chi connectivity index (χ0n) is 16.3. The molecule has 0 aliphatic heterocycles. The van der Waals surface area contributed by atoms with Gasteiger partial charge in [0.1, 0.15) is 5.78 Å². The lowest BCUT2D eigenvalue weighted by Crippen LogP contribution is -2.40. The molecule has 1 aromatic carbocycles. The molecule has 8 heteroatoms. The Kier molecular flexibility index (Phi) is 6.29. The Balaban J connectivity index is 1.64. The first kappa shape index (κ1) is 21.3. The number of Topliss-reactive ketones (excluding diaryl/α,β-unsaturated/α-hetero) is 1. The summed E-state index contributed by atoms with van der Waals surface area (Å²) in [5.41, 5.74) is 0.975. The third kappa shape index (κ3) is 4.97. The van der Waals surface area contributed by atoms with Crippen LogP contribution in [0.3, 0.4) is 0 Å². The van der Waals surface area contributed by atoms with Crippen LogP contribution in [0.15, 0.2) is 24.3 Å². The lowest BCUT2D eigenvalue weighted by atomic mass is 9.67. The Morgan fingerprint density at radius 1 is 1.17 bits per heavy atom. The topological polar surface area (TPSA) is 66.5 Å². The number of carbonyl (C=O) groups is 3. The van der Waals surface area contributed by atoms with E-state index >= 15 is 0 Å². The zero-order valence-corrected chi connectivity index (χ0v) is 16.3. The minimum absolute atomic E-state index is 0.0314. The SMILES string of the molecule is CCN(Cc1cccc(NC(=O)C2C[C@@H]3CCC[C@@H](C2)C3=O)c1)C(=O)C(F)(F)F. The van der Waals surface area contributed by atoms with E-state index in [0.29, 0.717) is 24.1 Å². The van der Waals surface area contributed by atoms with Gasteiger partial charge in [-0.25, -0.2) is 0 Å². The molecule has 2 aliphatic carbocycles. The number of hydrogen-bond acceptors (Lipinski definition) is 3. The first-order valence-electron chi connectivity index (χ1n) is 9.98. The van der Waals surface area contributed by atoms with E-state index in [9.17, 15) is 27.6 Å². The third-order valence-corrected chi connectivity index (χ3v) is 5.90. The Bertz CT molecular complexity index is 778. The van der Waals surface area contributed by atoms with Gasteiger partial charge in [-0.1, -0.05) is 18.6 Å². The Morgan fingerprint density at radius 2 is 1.83 bits per heavy atom. The van der Waals surface area contributed by atoms with Crippen molar-refractivity contribution in [2.75, 3.05) is 11.9 Å². The highest BCUT2D eigenvalue weighted by atomic mass is 19.4. The smallest absolute Gasteiger partial charge is 0.331 e. The summed E-state index contributed by atoms with van der Waals surface area (Å²) in [6.45, 7) is 1.21. The Hall–Kier alpha value is -2.38. The maximum Gasteiger partial charge on any atom is 0.471 e. The summed E-state index contributed by atoms with van der Waals surface area (Å²) in [6.07, 6.45) is -1.08. The molecule has 0 spiro atoms. The number of alkyl halides is 3. The summed E-state index contributed by atoms with van der Waals surface area (Å²) in [7, 11) is 0. The number of carbonyl (C=O) groups excluding carboxylic acids is 3. The molecule has 0 unspecified atom stereocenters. The predicted octanol–water partition coefficient (Wildman–Crippen LogP) is 3.93. The first-order chi connectivity index (χ1) is 13.7. The van der Waals surface area contributed by atoms with Crippen LogP contribution in [0.4, 0.5) is 18.9 Å². The summed E-state index contributed by atoms with van der Waals surface area (Å²) in [4.78, 5) is 37.1. The largest absolute Gasteiger partial charge is 0.471 e. The van der Waals surface area contributed by atoms with E-state index in [1.54, 1.807) is 24.3 Å². The van der Waals surface area contributed by atoms with E-state index in [-0.39, 0.29) is 42.5 Å². The highest BCUT2D eigenvalue weighted by molar-refractivity contribution is 5.95. The highest BCUT2D eigenvalue weighted by Gasteiger charge is 2.42. The number of ketones is 1. The average Bonchev–Trinajstić information content (AvgIpc) is 2.65. The summed E-state index contributed by atoms with van der Waals surface area (Å²) >= 11 is 0. The molecule has 1 N–H and O–H groups in total. The molecular formula is C21H25F3N2O3. The van der Waals surface area contributed by atoms with Gasteiger partial charge in [0.05, 0.1) is 0 Å². The molecule has 2 atom stereocenters. The van der Waals surface area contributed by atoms with E-state index in [2.05, 4.69) is 5.32 Å². The molecule has 0 heterocycles. The maximum atomic E-state index is 12.7. The zero-order chi connectivity index (χ0) is 21.2. The number of nitrogens with zero attached hydrogens (tertiary/aromatic N) is 1. The van der Waals surface area contributed by atoms with Crippen LogP contribution in [0.1, 0.15) is 44.6 Å². The third-order valence-electron chi connectivity index (χ3n) is 5.90. The van der Waals surface area contributed by atoms with Gasteiger partial charge in [-0.15, -0.1) is 0 Å². The van der Waals surface area contributed by atoms with Crippen molar-refractivity contribution in [3.8, 4) is 0 Å². The number of halogens is 3. The molecule has 1 aromatic rings. The van der Waals surface area contributed by atoms with Gasteiger partial charge in [0, 0.05) is 36.5 Å². The quantitative estimate of drug-likeness (QED) is 0.800. The van der Waals surface area contributed by atoms with Gasteiger partial charge < -0.3 is 10.2 Å². The van der Waals surface area contributed by atoms with Crippen LogP contribution < -0.4 is 5.32 Å². The van der Waals surface area contributed by atoms with Crippen molar-refractivity contribution in [2.24, 2.45) is 17.8 Å². The molecular weight excluding hydrogens is 385 g/mol. The van der Waals surface area contributed by atoms with Crippen LogP contribution in [0.25, 0.3) is 0 Å². The fourth-order valence-corrected chi connectivity index (χ4v) is 4.41.